The minimum Gasteiger partial charge on any atom is -0.377 e. The third-order valence-corrected chi connectivity index (χ3v) is 5.77. The maximum absolute atomic E-state index is 6.36. The highest BCUT2D eigenvalue weighted by atomic mass is 16.7. The summed E-state index contributed by atoms with van der Waals surface area (Å²) in [7, 11) is 0. The molecule has 0 radical (unpaired) electrons. The van der Waals surface area contributed by atoms with Gasteiger partial charge in [0.2, 0.25) is 0 Å². The molecule has 2 aliphatic heterocycles. The van der Waals surface area contributed by atoms with Gasteiger partial charge < -0.3 is 10.1 Å². The molecule has 0 bridgehead atoms. The molecule has 0 aromatic heterocycles. The molecule has 3 aliphatic rings. The van der Waals surface area contributed by atoms with E-state index in [2.05, 4.69) is 53.8 Å². The van der Waals surface area contributed by atoms with Gasteiger partial charge in [0.05, 0.1) is 12.6 Å². The molecule has 2 heterocycles. The molecule has 142 valence electrons. The molecule has 26 heavy (non-hydrogen) atoms. The fourth-order valence-corrected chi connectivity index (χ4v) is 4.19. The summed E-state index contributed by atoms with van der Waals surface area (Å²) in [5, 5.41) is 5.65. The average molecular weight is 357 g/mol. The number of rotatable bonds is 8. The second kappa shape index (κ2) is 8.55. The molecular formula is C22H32N2O2. The SMILES string of the molecule is CCCOCc1cccc(C(C2CCNCC2)N2C=CC(C3CC3)O2)c1. The van der Waals surface area contributed by atoms with Crippen molar-refractivity contribution in [2.24, 2.45) is 11.8 Å². The Bertz CT molecular complexity index is 608. The van der Waals surface area contributed by atoms with Gasteiger partial charge in [-0.1, -0.05) is 31.2 Å². The molecule has 2 unspecified atom stereocenters. The van der Waals surface area contributed by atoms with Gasteiger partial charge >= 0.3 is 0 Å². The highest BCUT2D eigenvalue weighted by Crippen LogP contribution is 2.42. The number of hydrogen-bond acceptors (Lipinski definition) is 4. The van der Waals surface area contributed by atoms with Crippen molar-refractivity contribution < 1.29 is 9.57 Å². The van der Waals surface area contributed by atoms with Crippen LogP contribution in [-0.4, -0.2) is 30.9 Å². The van der Waals surface area contributed by atoms with Crippen LogP contribution >= 0.6 is 0 Å². The van der Waals surface area contributed by atoms with E-state index in [1.54, 1.807) is 0 Å². The lowest BCUT2D eigenvalue weighted by molar-refractivity contribution is -0.175. The number of hydroxylamine groups is 2. The Morgan fingerprint density at radius 3 is 2.85 bits per heavy atom. The molecule has 0 amide bonds. The third kappa shape index (κ3) is 4.30. The first kappa shape index (κ1) is 18.0. The fourth-order valence-electron chi connectivity index (χ4n) is 4.19. The van der Waals surface area contributed by atoms with Crippen molar-refractivity contribution in [1.29, 1.82) is 0 Å². The Kier molecular flexibility index (Phi) is 5.93. The molecule has 4 rings (SSSR count). The summed E-state index contributed by atoms with van der Waals surface area (Å²) in [5.74, 6) is 1.35. The van der Waals surface area contributed by atoms with Crippen LogP contribution in [-0.2, 0) is 16.2 Å². The molecule has 2 atom stereocenters. The zero-order valence-electron chi connectivity index (χ0n) is 15.9. The smallest absolute Gasteiger partial charge is 0.108 e. The number of piperidine rings is 1. The van der Waals surface area contributed by atoms with Crippen LogP contribution < -0.4 is 5.32 Å². The number of hydrogen-bond donors (Lipinski definition) is 1. The lowest BCUT2D eigenvalue weighted by Gasteiger charge is -2.37. The van der Waals surface area contributed by atoms with Crippen LogP contribution in [0.4, 0.5) is 0 Å². The summed E-state index contributed by atoms with van der Waals surface area (Å²) in [6, 6.07) is 9.23. The molecule has 1 saturated carbocycles. The quantitative estimate of drug-likeness (QED) is 0.708. The lowest BCUT2D eigenvalue weighted by atomic mass is 9.85. The lowest BCUT2D eigenvalue weighted by Crippen LogP contribution is -2.37. The van der Waals surface area contributed by atoms with Crippen LogP contribution in [0.3, 0.4) is 0 Å². The Morgan fingerprint density at radius 1 is 1.23 bits per heavy atom. The highest BCUT2D eigenvalue weighted by molar-refractivity contribution is 5.27. The van der Waals surface area contributed by atoms with E-state index in [0.29, 0.717) is 18.6 Å². The minimum atomic E-state index is 0.287. The van der Waals surface area contributed by atoms with Crippen molar-refractivity contribution in [2.45, 2.75) is 57.8 Å². The number of benzene rings is 1. The molecule has 1 aliphatic carbocycles. The summed E-state index contributed by atoms with van der Waals surface area (Å²) < 4.78 is 5.76. The first-order valence-corrected chi connectivity index (χ1v) is 10.4. The van der Waals surface area contributed by atoms with Crippen LogP contribution in [0.1, 0.15) is 56.2 Å². The maximum Gasteiger partial charge on any atom is 0.108 e. The van der Waals surface area contributed by atoms with Gasteiger partial charge in [0.15, 0.2) is 0 Å². The summed E-state index contributed by atoms with van der Waals surface area (Å²) in [5.41, 5.74) is 2.62. The van der Waals surface area contributed by atoms with Gasteiger partial charge in [-0.15, -0.1) is 0 Å². The molecule has 4 heteroatoms. The van der Waals surface area contributed by atoms with Crippen LogP contribution in [0.5, 0.6) is 0 Å². The van der Waals surface area contributed by atoms with Crippen LogP contribution in [0.15, 0.2) is 36.5 Å². The van der Waals surface area contributed by atoms with Crippen LogP contribution in [0.25, 0.3) is 0 Å². The highest BCUT2D eigenvalue weighted by Gasteiger charge is 2.38. The summed E-state index contributed by atoms with van der Waals surface area (Å²) >= 11 is 0. The molecule has 2 fully saturated rings. The normalized spacial score (nSPS) is 25.0. The van der Waals surface area contributed by atoms with Crippen molar-refractivity contribution in [1.82, 2.24) is 10.4 Å². The molecule has 1 N–H and O–H groups in total. The fraction of sp³-hybridized carbons (Fsp3) is 0.636. The van der Waals surface area contributed by atoms with Crippen LogP contribution in [0.2, 0.25) is 0 Å². The second-order valence-electron chi connectivity index (χ2n) is 7.94. The van der Waals surface area contributed by atoms with Crippen LogP contribution in [0, 0.1) is 11.8 Å². The van der Waals surface area contributed by atoms with Gasteiger partial charge in [0.1, 0.15) is 6.10 Å². The van der Waals surface area contributed by atoms with Crippen molar-refractivity contribution >= 4 is 0 Å². The van der Waals surface area contributed by atoms with Crippen molar-refractivity contribution in [2.75, 3.05) is 19.7 Å². The predicted octanol–water partition coefficient (Wildman–Crippen LogP) is 4.19. The largest absolute Gasteiger partial charge is 0.377 e. The van der Waals surface area contributed by atoms with Crippen molar-refractivity contribution in [3.8, 4) is 0 Å². The zero-order chi connectivity index (χ0) is 17.8. The van der Waals surface area contributed by atoms with E-state index in [1.165, 1.54) is 36.8 Å². The molecule has 1 aromatic rings. The maximum atomic E-state index is 6.36. The zero-order valence-corrected chi connectivity index (χ0v) is 15.9. The third-order valence-electron chi connectivity index (χ3n) is 5.77. The van der Waals surface area contributed by atoms with E-state index in [9.17, 15) is 0 Å². The van der Waals surface area contributed by atoms with E-state index < -0.39 is 0 Å². The second-order valence-corrected chi connectivity index (χ2v) is 7.94. The minimum absolute atomic E-state index is 0.287. The van der Waals surface area contributed by atoms with E-state index in [-0.39, 0.29) is 6.10 Å². The Balaban J connectivity index is 1.52. The summed E-state index contributed by atoms with van der Waals surface area (Å²) in [4.78, 5) is 6.36. The number of nitrogens with one attached hydrogen (secondary N) is 1. The average Bonchev–Trinajstić information content (AvgIpc) is 3.42. The monoisotopic (exact) mass is 356 g/mol. The van der Waals surface area contributed by atoms with E-state index in [4.69, 9.17) is 9.57 Å². The van der Waals surface area contributed by atoms with Crippen molar-refractivity contribution in [3.05, 3.63) is 47.7 Å². The van der Waals surface area contributed by atoms with E-state index in [1.807, 2.05) is 0 Å². The van der Waals surface area contributed by atoms with Gasteiger partial charge in [-0.3, -0.25) is 9.90 Å². The van der Waals surface area contributed by atoms with E-state index in [0.717, 1.165) is 32.0 Å². The standard InChI is InChI=1S/C22H32N2O2/c1-2-14-25-16-17-4-3-5-20(15-17)22(19-8-11-23-12-9-19)24-13-10-21(26-24)18-6-7-18/h3-5,10,13,15,18-19,21-23H,2,6-9,11-12,14,16H2,1H3. The van der Waals surface area contributed by atoms with Gasteiger partial charge in [0.25, 0.3) is 0 Å². The Labute approximate surface area is 157 Å². The molecular weight excluding hydrogens is 324 g/mol. The summed E-state index contributed by atoms with van der Waals surface area (Å²) in [6.07, 6.45) is 10.8. The molecule has 0 spiro atoms. The molecule has 1 aromatic carbocycles. The summed E-state index contributed by atoms with van der Waals surface area (Å²) in [6.45, 7) is 5.87. The molecule has 4 nitrogen and oxygen atoms in total. The Morgan fingerprint density at radius 2 is 2.08 bits per heavy atom. The van der Waals surface area contributed by atoms with Gasteiger partial charge in [-0.05, 0) is 74.2 Å². The Hall–Kier alpha value is -1.36. The van der Waals surface area contributed by atoms with Gasteiger partial charge in [-0.2, -0.15) is 0 Å². The first-order valence-electron chi connectivity index (χ1n) is 10.4. The topological polar surface area (TPSA) is 33.7 Å². The van der Waals surface area contributed by atoms with Gasteiger partial charge in [-0.25, -0.2) is 0 Å². The first-order chi connectivity index (χ1) is 12.8. The van der Waals surface area contributed by atoms with Crippen molar-refractivity contribution in [3.63, 3.8) is 0 Å². The van der Waals surface area contributed by atoms with E-state index >= 15 is 0 Å². The number of ether oxygens (including phenoxy) is 1. The predicted molar refractivity (Wildman–Crippen MR) is 103 cm³/mol. The molecule has 1 saturated heterocycles. The number of nitrogens with zero attached hydrogens (tertiary/aromatic N) is 1. The van der Waals surface area contributed by atoms with Gasteiger partial charge in [0, 0.05) is 12.8 Å².